The summed E-state index contributed by atoms with van der Waals surface area (Å²) in [6.45, 7) is 6.71. The molecule has 8 nitrogen and oxygen atoms in total. The van der Waals surface area contributed by atoms with Gasteiger partial charge in [-0.15, -0.1) is 0 Å². The molecule has 1 saturated heterocycles. The molecule has 6 rings (SSSR count). The number of piperazine rings is 1. The Balaban J connectivity index is 1.23. The summed E-state index contributed by atoms with van der Waals surface area (Å²) in [5.74, 6) is 2.44. The second kappa shape index (κ2) is 9.03. The number of anilines is 1. The highest BCUT2D eigenvalue weighted by Crippen LogP contribution is 2.33. The lowest BCUT2D eigenvalue weighted by Gasteiger charge is -2.35. The predicted octanol–water partition coefficient (Wildman–Crippen LogP) is 3.82. The first-order chi connectivity index (χ1) is 17.2. The van der Waals surface area contributed by atoms with E-state index in [9.17, 15) is 4.79 Å². The highest BCUT2D eigenvalue weighted by molar-refractivity contribution is 5.98. The molecule has 0 amide bonds. The fraction of sp³-hybridized carbons (Fsp3) is 0.296. The number of aromatic nitrogens is 3. The molecule has 0 saturated carbocycles. The summed E-state index contributed by atoms with van der Waals surface area (Å²) in [7, 11) is 0. The van der Waals surface area contributed by atoms with E-state index in [0.717, 1.165) is 73.8 Å². The van der Waals surface area contributed by atoms with E-state index in [1.807, 2.05) is 24.4 Å². The molecular formula is C27H27N5O3. The summed E-state index contributed by atoms with van der Waals surface area (Å²) in [6, 6.07) is 14.4. The third-order valence-corrected chi connectivity index (χ3v) is 6.83. The standard InChI is InChI=1S/C27H27N5O3/c1-2-19-3-6-21(7-4-19)25-22(17-33)26-27(28-9-10-32(26)29-25)31-13-11-30(12-14-31)16-20-5-8-23-24(15-20)35-18-34-23/h3-10,15,17H,2,11-14,16,18H2,1H3. The Morgan fingerprint density at radius 2 is 1.74 bits per heavy atom. The van der Waals surface area contributed by atoms with Gasteiger partial charge in [0.1, 0.15) is 11.2 Å². The van der Waals surface area contributed by atoms with Crippen LogP contribution in [0.2, 0.25) is 0 Å². The molecule has 2 aromatic heterocycles. The van der Waals surface area contributed by atoms with E-state index in [4.69, 9.17) is 14.6 Å². The minimum Gasteiger partial charge on any atom is -0.454 e. The first-order valence-corrected chi connectivity index (χ1v) is 12.0. The third kappa shape index (κ3) is 4.00. The summed E-state index contributed by atoms with van der Waals surface area (Å²) >= 11 is 0. The molecule has 8 heteroatoms. The van der Waals surface area contributed by atoms with Crippen LogP contribution in [0.4, 0.5) is 5.82 Å². The highest BCUT2D eigenvalue weighted by atomic mass is 16.7. The van der Waals surface area contributed by atoms with E-state index in [1.54, 1.807) is 10.7 Å². The molecule has 0 N–H and O–H groups in total. The third-order valence-electron chi connectivity index (χ3n) is 6.83. The van der Waals surface area contributed by atoms with Crippen LogP contribution >= 0.6 is 0 Å². The molecule has 0 atom stereocenters. The Morgan fingerprint density at radius 1 is 0.971 bits per heavy atom. The van der Waals surface area contributed by atoms with Crippen molar-refractivity contribution in [1.29, 1.82) is 0 Å². The Bertz CT molecular complexity index is 1370. The van der Waals surface area contributed by atoms with Crippen LogP contribution in [0.1, 0.15) is 28.4 Å². The van der Waals surface area contributed by atoms with Crippen molar-refractivity contribution in [2.24, 2.45) is 0 Å². The first-order valence-electron chi connectivity index (χ1n) is 12.0. The van der Waals surface area contributed by atoms with Crippen molar-refractivity contribution in [2.45, 2.75) is 19.9 Å². The van der Waals surface area contributed by atoms with Gasteiger partial charge < -0.3 is 14.4 Å². The van der Waals surface area contributed by atoms with Crippen LogP contribution < -0.4 is 14.4 Å². The monoisotopic (exact) mass is 469 g/mol. The number of aryl methyl sites for hydroxylation is 1. The van der Waals surface area contributed by atoms with Gasteiger partial charge in [-0.3, -0.25) is 9.69 Å². The number of ether oxygens (including phenoxy) is 2. The molecule has 2 aliphatic rings. The fourth-order valence-corrected chi connectivity index (χ4v) is 4.88. The zero-order valence-corrected chi connectivity index (χ0v) is 19.7. The Hall–Kier alpha value is -3.91. The quantitative estimate of drug-likeness (QED) is 0.398. The number of fused-ring (bicyclic) bond motifs is 2. The van der Waals surface area contributed by atoms with Gasteiger partial charge in [-0.2, -0.15) is 5.10 Å². The van der Waals surface area contributed by atoms with Crippen molar-refractivity contribution in [3.63, 3.8) is 0 Å². The summed E-state index contributed by atoms with van der Waals surface area (Å²) in [6.07, 6.45) is 5.45. The second-order valence-electron chi connectivity index (χ2n) is 8.93. The van der Waals surface area contributed by atoms with Gasteiger partial charge in [-0.1, -0.05) is 37.3 Å². The van der Waals surface area contributed by atoms with Crippen LogP contribution in [0, 0.1) is 0 Å². The molecule has 2 aromatic carbocycles. The van der Waals surface area contributed by atoms with E-state index in [1.165, 1.54) is 11.1 Å². The van der Waals surface area contributed by atoms with Crippen molar-refractivity contribution in [3.05, 3.63) is 71.5 Å². The van der Waals surface area contributed by atoms with Gasteiger partial charge in [0.15, 0.2) is 23.6 Å². The molecule has 35 heavy (non-hydrogen) atoms. The van der Waals surface area contributed by atoms with Crippen LogP contribution in [0.15, 0.2) is 54.9 Å². The molecule has 0 spiro atoms. The van der Waals surface area contributed by atoms with Gasteiger partial charge in [0.05, 0.1) is 5.56 Å². The summed E-state index contributed by atoms with van der Waals surface area (Å²) < 4.78 is 12.7. The summed E-state index contributed by atoms with van der Waals surface area (Å²) in [4.78, 5) is 21.6. The van der Waals surface area contributed by atoms with Gasteiger partial charge >= 0.3 is 0 Å². The summed E-state index contributed by atoms with van der Waals surface area (Å²) in [5, 5.41) is 4.75. The first kappa shape index (κ1) is 21.6. The van der Waals surface area contributed by atoms with Crippen LogP contribution in [0.25, 0.3) is 16.8 Å². The molecule has 0 aliphatic carbocycles. The lowest BCUT2D eigenvalue weighted by Crippen LogP contribution is -2.46. The highest BCUT2D eigenvalue weighted by Gasteiger charge is 2.24. The minimum absolute atomic E-state index is 0.291. The molecule has 0 radical (unpaired) electrons. The maximum absolute atomic E-state index is 12.2. The van der Waals surface area contributed by atoms with Crippen LogP contribution in [0.3, 0.4) is 0 Å². The van der Waals surface area contributed by atoms with Crippen molar-refractivity contribution in [1.82, 2.24) is 19.5 Å². The van der Waals surface area contributed by atoms with E-state index in [-0.39, 0.29) is 0 Å². The molecule has 0 bridgehead atoms. The number of rotatable bonds is 6. The minimum atomic E-state index is 0.291. The number of aldehydes is 1. The van der Waals surface area contributed by atoms with Crippen molar-refractivity contribution >= 4 is 17.6 Å². The van der Waals surface area contributed by atoms with Gasteiger partial charge in [-0.05, 0) is 29.7 Å². The number of carbonyl (C=O) groups excluding carboxylic acids is 1. The fourth-order valence-electron chi connectivity index (χ4n) is 4.88. The Morgan fingerprint density at radius 3 is 2.51 bits per heavy atom. The van der Waals surface area contributed by atoms with Crippen molar-refractivity contribution < 1.29 is 14.3 Å². The van der Waals surface area contributed by atoms with Crippen molar-refractivity contribution in [2.75, 3.05) is 37.9 Å². The number of nitrogens with zero attached hydrogens (tertiary/aromatic N) is 5. The Labute approximate surface area is 203 Å². The van der Waals surface area contributed by atoms with Crippen LogP contribution in [-0.4, -0.2) is 58.8 Å². The van der Waals surface area contributed by atoms with E-state index < -0.39 is 0 Å². The average Bonchev–Trinajstić information content (AvgIpc) is 3.53. The average molecular weight is 470 g/mol. The molecule has 178 valence electrons. The molecular weight excluding hydrogens is 442 g/mol. The second-order valence-corrected chi connectivity index (χ2v) is 8.93. The normalized spacial score (nSPS) is 15.6. The zero-order chi connectivity index (χ0) is 23.8. The zero-order valence-electron chi connectivity index (χ0n) is 19.7. The topological polar surface area (TPSA) is 72.2 Å². The van der Waals surface area contributed by atoms with Crippen LogP contribution in [0.5, 0.6) is 11.5 Å². The van der Waals surface area contributed by atoms with Gasteiger partial charge in [0.2, 0.25) is 6.79 Å². The SMILES string of the molecule is CCc1ccc(-c2nn3ccnc(N4CCN(Cc5ccc6c(c5)OCO6)CC4)c3c2C=O)cc1. The number of hydrogen-bond acceptors (Lipinski definition) is 7. The van der Waals surface area contributed by atoms with E-state index >= 15 is 0 Å². The van der Waals surface area contributed by atoms with Gasteiger partial charge in [0, 0.05) is 50.7 Å². The summed E-state index contributed by atoms with van der Waals surface area (Å²) in [5.41, 5.74) is 5.44. The van der Waals surface area contributed by atoms with Gasteiger partial charge in [0.25, 0.3) is 0 Å². The lowest BCUT2D eigenvalue weighted by atomic mass is 10.0. The molecule has 0 unspecified atom stereocenters. The van der Waals surface area contributed by atoms with E-state index in [2.05, 4.69) is 46.0 Å². The van der Waals surface area contributed by atoms with Gasteiger partial charge in [-0.25, -0.2) is 9.50 Å². The van der Waals surface area contributed by atoms with E-state index in [0.29, 0.717) is 18.1 Å². The lowest BCUT2D eigenvalue weighted by molar-refractivity contribution is 0.112. The number of hydrogen-bond donors (Lipinski definition) is 0. The maximum Gasteiger partial charge on any atom is 0.231 e. The largest absolute Gasteiger partial charge is 0.454 e. The predicted molar refractivity (Wildman–Crippen MR) is 133 cm³/mol. The molecule has 2 aliphatic heterocycles. The smallest absolute Gasteiger partial charge is 0.231 e. The molecule has 4 aromatic rings. The molecule has 1 fully saturated rings. The number of benzene rings is 2. The maximum atomic E-state index is 12.2. The molecule has 4 heterocycles. The number of carbonyl (C=O) groups is 1. The van der Waals surface area contributed by atoms with Crippen molar-refractivity contribution in [3.8, 4) is 22.8 Å². The van der Waals surface area contributed by atoms with Crippen LogP contribution in [-0.2, 0) is 13.0 Å². The Kier molecular flexibility index (Phi) is 5.58.